The highest BCUT2D eigenvalue weighted by molar-refractivity contribution is 8.00. The van der Waals surface area contributed by atoms with E-state index >= 15 is 0 Å². The van der Waals surface area contributed by atoms with Gasteiger partial charge < -0.3 is 0 Å². The third-order valence-electron chi connectivity index (χ3n) is 1.64. The van der Waals surface area contributed by atoms with Crippen molar-refractivity contribution in [2.75, 3.05) is 5.75 Å². The van der Waals surface area contributed by atoms with Crippen molar-refractivity contribution in [3.05, 3.63) is 6.26 Å². The monoisotopic (exact) mass is 159 g/mol. The third-order valence-corrected chi connectivity index (χ3v) is 2.22. The van der Waals surface area contributed by atoms with E-state index in [0.29, 0.717) is 0 Å². The molecule has 0 fully saturated rings. The van der Waals surface area contributed by atoms with Crippen molar-refractivity contribution in [2.45, 2.75) is 45.4 Å². The molecule has 0 aliphatic carbocycles. The van der Waals surface area contributed by atoms with Gasteiger partial charge in [-0.05, 0) is 12.2 Å². The van der Waals surface area contributed by atoms with E-state index in [0.717, 1.165) is 0 Å². The van der Waals surface area contributed by atoms with Gasteiger partial charge in [-0.15, -0.1) is 0 Å². The van der Waals surface area contributed by atoms with Gasteiger partial charge >= 0.3 is 0 Å². The molecule has 0 unspecified atom stereocenters. The molecule has 0 spiro atoms. The molecule has 0 saturated carbocycles. The van der Waals surface area contributed by atoms with E-state index in [9.17, 15) is 0 Å². The molecule has 61 valence electrons. The van der Waals surface area contributed by atoms with Crippen molar-refractivity contribution in [3.63, 3.8) is 0 Å². The van der Waals surface area contributed by atoms with Gasteiger partial charge in [-0.3, -0.25) is 0 Å². The first-order valence-corrected chi connectivity index (χ1v) is 5.44. The molecule has 0 rings (SSSR count). The summed E-state index contributed by atoms with van der Waals surface area (Å²) in [5.41, 5.74) is 0. The molecule has 0 aromatic rings. The van der Waals surface area contributed by atoms with Crippen molar-refractivity contribution in [3.8, 4) is 0 Å². The SMILES string of the molecule is [CH2]SCCCCCCCC. The van der Waals surface area contributed by atoms with Crippen LogP contribution in [0.15, 0.2) is 0 Å². The zero-order valence-electron chi connectivity index (χ0n) is 7.07. The summed E-state index contributed by atoms with van der Waals surface area (Å²) in [6, 6.07) is 0. The fraction of sp³-hybridized carbons (Fsp3) is 0.889. The molecule has 1 radical (unpaired) electrons. The summed E-state index contributed by atoms with van der Waals surface area (Å²) in [7, 11) is 0. The first-order valence-electron chi connectivity index (χ1n) is 4.28. The van der Waals surface area contributed by atoms with Crippen LogP contribution in [0.1, 0.15) is 45.4 Å². The highest BCUT2D eigenvalue weighted by Gasteiger charge is 1.87. The van der Waals surface area contributed by atoms with Gasteiger partial charge in [0.1, 0.15) is 0 Å². The molecular weight excluding hydrogens is 140 g/mol. The molecule has 0 heterocycles. The summed E-state index contributed by atoms with van der Waals surface area (Å²) in [6.45, 7) is 2.26. The molecule has 0 aromatic carbocycles. The lowest BCUT2D eigenvalue weighted by molar-refractivity contribution is 0.627. The summed E-state index contributed by atoms with van der Waals surface area (Å²) in [5.74, 6) is 1.24. The molecule has 0 bridgehead atoms. The van der Waals surface area contributed by atoms with E-state index in [1.54, 1.807) is 11.8 Å². The van der Waals surface area contributed by atoms with Gasteiger partial charge in [0, 0.05) is 6.26 Å². The Morgan fingerprint density at radius 2 is 1.60 bits per heavy atom. The molecule has 0 aliphatic heterocycles. The lowest BCUT2D eigenvalue weighted by atomic mass is 10.1. The molecular formula is C9H19S. The predicted octanol–water partition coefficient (Wildman–Crippen LogP) is 3.87. The van der Waals surface area contributed by atoms with Crippen LogP contribution in [-0.2, 0) is 0 Å². The predicted molar refractivity (Wildman–Crippen MR) is 51.2 cm³/mol. The number of hydrogen-bond acceptors (Lipinski definition) is 1. The lowest BCUT2D eigenvalue weighted by Crippen LogP contribution is -1.80. The van der Waals surface area contributed by atoms with Gasteiger partial charge in [-0.1, -0.05) is 39.0 Å². The Balaban J connectivity index is 2.65. The van der Waals surface area contributed by atoms with Gasteiger partial charge in [-0.2, -0.15) is 11.8 Å². The summed E-state index contributed by atoms with van der Waals surface area (Å²) in [4.78, 5) is 0. The van der Waals surface area contributed by atoms with E-state index < -0.39 is 0 Å². The number of unbranched alkanes of at least 4 members (excludes halogenated alkanes) is 5. The number of hydrogen-bond donors (Lipinski definition) is 0. The quantitative estimate of drug-likeness (QED) is 0.508. The Labute approximate surface area is 69.8 Å². The number of rotatable bonds is 7. The second kappa shape index (κ2) is 9.35. The molecule has 0 saturated heterocycles. The summed E-state index contributed by atoms with van der Waals surface area (Å²) in [6.07, 6.45) is 12.1. The molecule has 0 aromatic heterocycles. The maximum absolute atomic E-state index is 3.74. The van der Waals surface area contributed by atoms with E-state index in [2.05, 4.69) is 13.2 Å². The summed E-state index contributed by atoms with van der Waals surface area (Å²) < 4.78 is 0. The maximum atomic E-state index is 3.74. The average molecular weight is 159 g/mol. The molecule has 1 heteroatoms. The number of thioether (sulfide) groups is 1. The zero-order valence-corrected chi connectivity index (χ0v) is 7.88. The van der Waals surface area contributed by atoms with Crippen molar-refractivity contribution < 1.29 is 0 Å². The van der Waals surface area contributed by atoms with Crippen LogP contribution in [0.4, 0.5) is 0 Å². The smallest absolute Gasteiger partial charge is 0.00235 e. The summed E-state index contributed by atoms with van der Waals surface area (Å²) in [5, 5.41) is 0. The molecule has 0 atom stereocenters. The van der Waals surface area contributed by atoms with Crippen LogP contribution < -0.4 is 0 Å². The first-order chi connectivity index (χ1) is 4.91. The summed E-state index contributed by atoms with van der Waals surface area (Å²) >= 11 is 1.72. The second-order valence-corrected chi connectivity index (χ2v) is 3.49. The van der Waals surface area contributed by atoms with E-state index in [1.165, 1.54) is 44.3 Å². The van der Waals surface area contributed by atoms with Crippen LogP contribution in [0.5, 0.6) is 0 Å². The van der Waals surface area contributed by atoms with Gasteiger partial charge in [0.2, 0.25) is 0 Å². The molecule has 10 heavy (non-hydrogen) atoms. The molecule has 0 nitrogen and oxygen atoms in total. The lowest BCUT2D eigenvalue weighted by Gasteiger charge is -1.97. The first kappa shape index (κ1) is 10.3. The van der Waals surface area contributed by atoms with Crippen LogP contribution >= 0.6 is 11.8 Å². The van der Waals surface area contributed by atoms with Crippen LogP contribution in [0.3, 0.4) is 0 Å². The maximum Gasteiger partial charge on any atom is 0.00235 e. The Kier molecular flexibility index (Phi) is 9.68. The Hall–Kier alpha value is 0.350. The highest BCUT2D eigenvalue weighted by Crippen LogP contribution is 2.07. The van der Waals surface area contributed by atoms with Crippen LogP contribution in [-0.4, -0.2) is 5.75 Å². The average Bonchev–Trinajstić information content (AvgIpc) is 1.97. The van der Waals surface area contributed by atoms with Crippen LogP contribution in [0.25, 0.3) is 0 Å². The minimum absolute atomic E-state index is 1.24. The second-order valence-electron chi connectivity index (χ2n) is 2.68. The molecule has 0 amide bonds. The topological polar surface area (TPSA) is 0 Å². The Bertz CT molecular complexity index is 44.7. The normalized spacial score (nSPS) is 10.2. The van der Waals surface area contributed by atoms with Crippen LogP contribution in [0.2, 0.25) is 0 Å². The fourth-order valence-electron chi connectivity index (χ4n) is 0.984. The van der Waals surface area contributed by atoms with Crippen molar-refractivity contribution in [2.24, 2.45) is 0 Å². The molecule has 0 N–H and O–H groups in total. The van der Waals surface area contributed by atoms with E-state index in [4.69, 9.17) is 0 Å². The van der Waals surface area contributed by atoms with Crippen LogP contribution in [0, 0.1) is 6.26 Å². The zero-order chi connectivity index (χ0) is 7.66. The van der Waals surface area contributed by atoms with Gasteiger partial charge in [0.15, 0.2) is 0 Å². The third kappa shape index (κ3) is 8.35. The standard InChI is InChI=1S/C9H19S/c1-3-4-5-6-7-8-9-10-2/h2-9H2,1H3. The van der Waals surface area contributed by atoms with Gasteiger partial charge in [0.05, 0.1) is 0 Å². The largest absolute Gasteiger partial charge is 0.161 e. The molecule has 0 aliphatic rings. The minimum atomic E-state index is 1.24. The fourth-order valence-corrected chi connectivity index (χ4v) is 1.39. The Morgan fingerprint density at radius 3 is 2.20 bits per heavy atom. The highest BCUT2D eigenvalue weighted by atomic mass is 32.2. The van der Waals surface area contributed by atoms with Crippen molar-refractivity contribution >= 4 is 11.8 Å². The van der Waals surface area contributed by atoms with Crippen molar-refractivity contribution in [1.29, 1.82) is 0 Å². The Morgan fingerprint density at radius 1 is 1.00 bits per heavy atom. The van der Waals surface area contributed by atoms with Gasteiger partial charge in [0.25, 0.3) is 0 Å². The van der Waals surface area contributed by atoms with Crippen molar-refractivity contribution in [1.82, 2.24) is 0 Å². The van der Waals surface area contributed by atoms with Gasteiger partial charge in [-0.25, -0.2) is 0 Å². The minimum Gasteiger partial charge on any atom is -0.161 e. The van der Waals surface area contributed by atoms with E-state index in [1.807, 2.05) is 0 Å². The van der Waals surface area contributed by atoms with E-state index in [-0.39, 0.29) is 0 Å².